The predicted molar refractivity (Wildman–Crippen MR) is 59.4 cm³/mol. The first-order valence-electron chi connectivity index (χ1n) is 5.65. The third kappa shape index (κ3) is 2.80. The lowest BCUT2D eigenvalue weighted by Crippen LogP contribution is -2.47. The maximum Gasteiger partial charge on any atom is 0.0162 e. The van der Waals surface area contributed by atoms with Gasteiger partial charge in [-0.25, -0.2) is 0 Å². The molecule has 1 atom stereocenters. The Kier molecular flexibility index (Phi) is 3.56. The molecule has 80 valence electrons. The Morgan fingerprint density at radius 1 is 1.29 bits per heavy atom. The maximum atomic E-state index is 4.06. The van der Waals surface area contributed by atoms with Crippen molar-refractivity contribution in [2.45, 2.75) is 6.42 Å². The van der Waals surface area contributed by atoms with Gasteiger partial charge in [0.25, 0.3) is 0 Å². The average Bonchev–Trinajstić information content (AvgIpc) is 2.19. The molecule has 0 aromatic carbocycles. The Morgan fingerprint density at radius 2 is 2.07 bits per heavy atom. The number of hydrogen-bond acceptors (Lipinski definition) is 3. The van der Waals surface area contributed by atoms with Gasteiger partial charge in [0.05, 0.1) is 0 Å². The molecule has 2 fully saturated rings. The van der Waals surface area contributed by atoms with Crippen LogP contribution in [0.1, 0.15) is 6.42 Å². The van der Waals surface area contributed by atoms with Crippen LogP contribution in [0, 0.1) is 5.92 Å². The summed E-state index contributed by atoms with van der Waals surface area (Å²) in [6.07, 6.45) is 1.22. The van der Waals surface area contributed by atoms with E-state index in [1.165, 1.54) is 38.2 Å². The molecule has 0 radical (unpaired) electrons. The van der Waals surface area contributed by atoms with Gasteiger partial charge in [-0.1, -0.05) is 12.2 Å². The molecule has 2 N–H and O–H groups in total. The number of piperazine rings is 1. The number of nitrogens with zero attached hydrogens (tertiary/aromatic N) is 1. The van der Waals surface area contributed by atoms with Crippen LogP contribution < -0.4 is 10.6 Å². The molecule has 2 heterocycles. The van der Waals surface area contributed by atoms with E-state index >= 15 is 0 Å². The number of nitrogens with one attached hydrogen (secondary N) is 2. The van der Waals surface area contributed by atoms with Gasteiger partial charge in [-0.2, -0.15) is 0 Å². The molecule has 0 aromatic rings. The number of hydrogen-bond donors (Lipinski definition) is 2. The largest absolute Gasteiger partial charge is 0.314 e. The van der Waals surface area contributed by atoms with E-state index in [9.17, 15) is 0 Å². The van der Waals surface area contributed by atoms with Crippen LogP contribution in [0.25, 0.3) is 0 Å². The van der Waals surface area contributed by atoms with Crippen molar-refractivity contribution in [2.75, 3.05) is 45.8 Å². The van der Waals surface area contributed by atoms with Crippen LogP contribution in [0.2, 0.25) is 0 Å². The molecule has 0 aromatic heterocycles. The van der Waals surface area contributed by atoms with Crippen molar-refractivity contribution >= 4 is 0 Å². The van der Waals surface area contributed by atoms with Gasteiger partial charge in [0.1, 0.15) is 0 Å². The Balaban J connectivity index is 1.75. The van der Waals surface area contributed by atoms with Crippen molar-refractivity contribution in [2.24, 2.45) is 5.92 Å². The highest BCUT2D eigenvalue weighted by molar-refractivity contribution is 5.02. The summed E-state index contributed by atoms with van der Waals surface area (Å²) in [6, 6.07) is 0. The van der Waals surface area contributed by atoms with Crippen LogP contribution in [0.3, 0.4) is 0 Å². The van der Waals surface area contributed by atoms with Crippen LogP contribution in [-0.4, -0.2) is 50.7 Å². The van der Waals surface area contributed by atoms with E-state index in [2.05, 4.69) is 22.1 Å². The lowest BCUT2D eigenvalue weighted by molar-refractivity contribution is 0.198. The van der Waals surface area contributed by atoms with Gasteiger partial charge in [-0.3, -0.25) is 0 Å². The van der Waals surface area contributed by atoms with Crippen LogP contribution in [-0.2, 0) is 0 Å². The smallest absolute Gasteiger partial charge is 0.0162 e. The van der Waals surface area contributed by atoms with Gasteiger partial charge in [-0.15, -0.1) is 0 Å². The highest BCUT2D eigenvalue weighted by Gasteiger charge is 2.19. The maximum absolute atomic E-state index is 4.06. The fourth-order valence-corrected chi connectivity index (χ4v) is 2.39. The molecule has 0 bridgehead atoms. The average molecular weight is 195 g/mol. The van der Waals surface area contributed by atoms with E-state index in [0.29, 0.717) is 0 Å². The molecule has 0 aliphatic carbocycles. The standard InChI is InChI=1S/C11H21N3/c1-10-6-11(8-13-7-10)9-14-4-2-12-3-5-14/h11-13H,1-9H2. The second-order valence-corrected chi connectivity index (χ2v) is 4.50. The molecular weight excluding hydrogens is 174 g/mol. The minimum absolute atomic E-state index is 0.786. The Morgan fingerprint density at radius 3 is 2.79 bits per heavy atom. The first-order valence-corrected chi connectivity index (χ1v) is 5.65. The van der Waals surface area contributed by atoms with Gasteiger partial charge < -0.3 is 15.5 Å². The topological polar surface area (TPSA) is 27.3 Å². The van der Waals surface area contributed by atoms with Crippen LogP contribution in [0.15, 0.2) is 12.2 Å². The lowest BCUT2D eigenvalue weighted by Gasteiger charge is -2.33. The van der Waals surface area contributed by atoms with E-state index < -0.39 is 0 Å². The monoisotopic (exact) mass is 195 g/mol. The molecule has 1 unspecified atom stereocenters. The first kappa shape index (κ1) is 10.1. The molecule has 2 aliphatic rings. The summed E-state index contributed by atoms with van der Waals surface area (Å²) in [6.45, 7) is 12.2. The summed E-state index contributed by atoms with van der Waals surface area (Å²) in [5, 5.41) is 6.82. The van der Waals surface area contributed by atoms with Crippen molar-refractivity contribution in [1.82, 2.24) is 15.5 Å². The number of piperidine rings is 1. The van der Waals surface area contributed by atoms with Crippen molar-refractivity contribution in [3.63, 3.8) is 0 Å². The summed E-state index contributed by atoms with van der Waals surface area (Å²) in [5.74, 6) is 0.786. The van der Waals surface area contributed by atoms with Crippen molar-refractivity contribution in [3.8, 4) is 0 Å². The molecule has 0 saturated carbocycles. The van der Waals surface area contributed by atoms with Crippen molar-refractivity contribution in [1.29, 1.82) is 0 Å². The summed E-state index contributed by atoms with van der Waals surface area (Å²) in [5.41, 5.74) is 1.37. The first-order chi connectivity index (χ1) is 6.84. The van der Waals surface area contributed by atoms with Crippen LogP contribution >= 0.6 is 0 Å². The summed E-state index contributed by atoms with van der Waals surface area (Å²) >= 11 is 0. The van der Waals surface area contributed by atoms with Gasteiger partial charge in [-0.05, 0) is 18.9 Å². The van der Waals surface area contributed by atoms with E-state index in [4.69, 9.17) is 0 Å². The second-order valence-electron chi connectivity index (χ2n) is 4.50. The molecule has 2 saturated heterocycles. The molecule has 14 heavy (non-hydrogen) atoms. The van der Waals surface area contributed by atoms with Gasteiger partial charge in [0.2, 0.25) is 0 Å². The zero-order chi connectivity index (χ0) is 9.80. The van der Waals surface area contributed by atoms with E-state index in [1.807, 2.05) is 0 Å². The van der Waals surface area contributed by atoms with Crippen molar-refractivity contribution in [3.05, 3.63) is 12.2 Å². The van der Waals surface area contributed by atoms with Crippen molar-refractivity contribution < 1.29 is 0 Å². The Labute approximate surface area is 86.5 Å². The Hall–Kier alpha value is -0.380. The van der Waals surface area contributed by atoms with Gasteiger partial charge in [0.15, 0.2) is 0 Å². The molecule has 3 heteroatoms. The SMILES string of the molecule is C=C1CNCC(CN2CCNCC2)C1. The van der Waals surface area contributed by atoms with E-state index in [1.54, 1.807) is 0 Å². The van der Waals surface area contributed by atoms with E-state index in [0.717, 1.165) is 25.6 Å². The fraction of sp³-hybridized carbons (Fsp3) is 0.818. The minimum Gasteiger partial charge on any atom is -0.314 e. The summed E-state index contributed by atoms with van der Waals surface area (Å²) in [4.78, 5) is 2.57. The van der Waals surface area contributed by atoms with E-state index in [-0.39, 0.29) is 0 Å². The third-order valence-corrected chi connectivity index (χ3v) is 3.11. The summed E-state index contributed by atoms with van der Waals surface area (Å²) in [7, 11) is 0. The van der Waals surface area contributed by atoms with Gasteiger partial charge in [0, 0.05) is 39.3 Å². The van der Waals surface area contributed by atoms with Crippen LogP contribution in [0.5, 0.6) is 0 Å². The zero-order valence-corrected chi connectivity index (χ0v) is 8.89. The molecule has 0 amide bonds. The highest BCUT2D eigenvalue weighted by atomic mass is 15.2. The quantitative estimate of drug-likeness (QED) is 0.610. The normalized spacial score (nSPS) is 30.6. The number of rotatable bonds is 2. The predicted octanol–water partition coefficient (Wildman–Crippen LogP) is 0.0573. The Bertz CT molecular complexity index is 197. The second kappa shape index (κ2) is 4.91. The summed E-state index contributed by atoms with van der Waals surface area (Å²) < 4.78 is 0. The molecule has 2 rings (SSSR count). The van der Waals surface area contributed by atoms with Gasteiger partial charge >= 0.3 is 0 Å². The van der Waals surface area contributed by atoms with Crippen LogP contribution in [0.4, 0.5) is 0 Å². The molecule has 2 aliphatic heterocycles. The minimum atomic E-state index is 0.786. The molecule has 3 nitrogen and oxygen atoms in total. The molecular formula is C11H21N3. The molecule has 0 spiro atoms. The fourth-order valence-electron chi connectivity index (χ4n) is 2.39. The highest BCUT2D eigenvalue weighted by Crippen LogP contribution is 2.15. The lowest BCUT2D eigenvalue weighted by atomic mass is 9.95. The third-order valence-electron chi connectivity index (χ3n) is 3.11. The zero-order valence-electron chi connectivity index (χ0n) is 8.89.